The molecule has 4 N–H and O–H groups in total. The number of nitrogens with zero attached hydrogens (tertiary/aromatic N) is 3. The van der Waals surface area contributed by atoms with E-state index in [4.69, 9.17) is 11.3 Å². The molecule has 0 saturated heterocycles. The average Bonchev–Trinajstić information content (AvgIpc) is 2.90. The summed E-state index contributed by atoms with van der Waals surface area (Å²) in [6.07, 6.45) is 2.97. The molecule has 1 amide bonds. The van der Waals surface area contributed by atoms with Crippen molar-refractivity contribution in [2.24, 2.45) is 10.8 Å². The van der Waals surface area contributed by atoms with Crippen LogP contribution < -0.4 is 11.1 Å². The van der Waals surface area contributed by atoms with Crippen molar-refractivity contribution >= 4 is 16.8 Å². The van der Waals surface area contributed by atoms with Gasteiger partial charge in [-0.2, -0.15) is 0 Å². The molecular formula is C14H18N6O. The van der Waals surface area contributed by atoms with Crippen molar-refractivity contribution in [2.75, 3.05) is 13.1 Å². The number of hydrogen-bond donors (Lipinski definition) is 3. The first-order valence-corrected chi connectivity index (χ1v) is 6.81. The van der Waals surface area contributed by atoms with E-state index in [0.29, 0.717) is 25.9 Å². The van der Waals surface area contributed by atoms with Crippen LogP contribution in [0.4, 0.5) is 0 Å². The predicted molar refractivity (Wildman–Crippen MR) is 81.6 cm³/mol. The molecule has 1 aromatic carbocycles. The fraction of sp³-hybridized carbons (Fsp3) is 0.357. The van der Waals surface area contributed by atoms with Crippen molar-refractivity contribution in [1.29, 1.82) is 0 Å². The van der Waals surface area contributed by atoms with E-state index in [1.54, 1.807) is 0 Å². The number of aromatic nitrogens is 1. The van der Waals surface area contributed by atoms with Crippen molar-refractivity contribution in [1.82, 2.24) is 10.3 Å². The number of nitrogens with two attached hydrogens (primary N) is 1. The number of aromatic amines is 1. The summed E-state index contributed by atoms with van der Waals surface area (Å²) in [7, 11) is 0. The van der Waals surface area contributed by atoms with Crippen LogP contribution in [0, 0.1) is 0 Å². The zero-order valence-corrected chi connectivity index (χ0v) is 11.6. The third-order valence-electron chi connectivity index (χ3n) is 3.25. The Kier molecular flexibility index (Phi) is 5.20. The van der Waals surface area contributed by atoms with Gasteiger partial charge in [0.05, 0.1) is 6.04 Å². The van der Waals surface area contributed by atoms with E-state index >= 15 is 0 Å². The topological polar surface area (TPSA) is 120 Å². The summed E-state index contributed by atoms with van der Waals surface area (Å²) in [6, 6.07) is 7.31. The highest BCUT2D eigenvalue weighted by atomic mass is 16.2. The minimum absolute atomic E-state index is 0.193. The van der Waals surface area contributed by atoms with Gasteiger partial charge in [0, 0.05) is 35.1 Å². The van der Waals surface area contributed by atoms with Crippen LogP contribution in [-0.2, 0) is 11.2 Å². The Morgan fingerprint density at radius 3 is 3.10 bits per heavy atom. The predicted octanol–water partition coefficient (Wildman–Crippen LogP) is 1.85. The molecule has 0 aliphatic heterocycles. The standard InChI is InChI=1S/C14H18N6O/c15-12(14(21)17-6-3-7-19-20-16)8-10-9-18-13-5-2-1-4-11(10)13/h1-2,4-5,9,12,18H,3,6-8,15H2,(H,17,21)/t12-/m0/s1. The van der Waals surface area contributed by atoms with Gasteiger partial charge in [0.15, 0.2) is 0 Å². The van der Waals surface area contributed by atoms with E-state index in [-0.39, 0.29) is 5.91 Å². The van der Waals surface area contributed by atoms with Gasteiger partial charge in [-0.25, -0.2) is 0 Å². The van der Waals surface area contributed by atoms with E-state index < -0.39 is 6.04 Å². The van der Waals surface area contributed by atoms with Crippen molar-refractivity contribution in [3.8, 4) is 0 Å². The number of H-pyrrole nitrogens is 1. The largest absolute Gasteiger partial charge is 0.361 e. The highest BCUT2D eigenvalue weighted by Crippen LogP contribution is 2.18. The molecule has 2 aromatic rings. The van der Waals surface area contributed by atoms with Crippen LogP contribution in [-0.4, -0.2) is 30.0 Å². The summed E-state index contributed by atoms with van der Waals surface area (Å²) in [4.78, 5) is 17.7. The van der Waals surface area contributed by atoms with Gasteiger partial charge < -0.3 is 16.0 Å². The normalized spacial score (nSPS) is 11.9. The highest BCUT2D eigenvalue weighted by molar-refractivity contribution is 5.86. The summed E-state index contributed by atoms with van der Waals surface area (Å²) in [5.41, 5.74) is 16.1. The average molecular weight is 286 g/mol. The molecule has 0 aliphatic carbocycles. The number of carbonyl (C=O) groups excluding carboxylic acids is 1. The first-order valence-electron chi connectivity index (χ1n) is 6.81. The Balaban J connectivity index is 1.87. The monoisotopic (exact) mass is 286 g/mol. The lowest BCUT2D eigenvalue weighted by Gasteiger charge is -2.11. The van der Waals surface area contributed by atoms with Gasteiger partial charge in [-0.05, 0) is 30.0 Å². The number of nitrogens with one attached hydrogen (secondary N) is 2. The second-order valence-corrected chi connectivity index (χ2v) is 4.77. The van der Waals surface area contributed by atoms with E-state index in [9.17, 15) is 4.79 Å². The SMILES string of the molecule is [N-]=[N+]=NCCCNC(=O)[C@@H](N)Cc1c[nH]c2ccccc12. The van der Waals surface area contributed by atoms with Gasteiger partial charge in [0.25, 0.3) is 0 Å². The van der Waals surface area contributed by atoms with Gasteiger partial charge in [0.2, 0.25) is 5.91 Å². The maximum absolute atomic E-state index is 11.9. The summed E-state index contributed by atoms with van der Waals surface area (Å²) < 4.78 is 0. The van der Waals surface area contributed by atoms with Crippen LogP contribution in [0.2, 0.25) is 0 Å². The summed E-state index contributed by atoms with van der Waals surface area (Å²) in [5, 5.41) is 7.23. The molecule has 2 rings (SSSR count). The fourth-order valence-electron chi connectivity index (χ4n) is 2.17. The summed E-state index contributed by atoms with van der Waals surface area (Å²) in [6.45, 7) is 0.827. The minimum atomic E-state index is -0.594. The van der Waals surface area contributed by atoms with Gasteiger partial charge >= 0.3 is 0 Å². The first-order chi connectivity index (χ1) is 10.2. The number of rotatable bonds is 7. The molecule has 0 radical (unpaired) electrons. The molecule has 0 bridgehead atoms. The molecule has 21 heavy (non-hydrogen) atoms. The molecule has 0 spiro atoms. The lowest BCUT2D eigenvalue weighted by molar-refractivity contribution is -0.122. The van der Waals surface area contributed by atoms with Crippen LogP contribution in [0.25, 0.3) is 21.3 Å². The molecule has 110 valence electrons. The van der Waals surface area contributed by atoms with Crippen molar-refractivity contribution in [3.05, 3.63) is 46.5 Å². The molecular weight excluding hydrogens is 268 g/mol. The maximum Gasteiger partial charge on any atom is 0.237 e. The number of hydrogen-bond acceptors (Lipinski definition) is 3. The maximum atomic E-state index is 11.9. The second-order valence-electron chi connectivity index (χ2n) is 4.77. The molecule has 1 aromatic heterocycles. The Bertz CT molecular complexity index is 658. The van der Waals surface area contributed by atoms with Crippen LogP contribution in [0.15, 0.2) is 35.6 Å². The van der Waals surface area contributed by atoms with Crippen LogP contribution >= 0.6 is 0 Å². The number of carbonyl (C=O) groups is 1. The van der Waals surface area contributed by atoms with Crippen molar-refractivity contribution in [3.63, 3.8) is 0 Å². The minimum Gasteiger partial charge on any atom is -0.361 e. The van der Waals surface area contributed by atoms with Crippen LogP contribution in [0.1, 0.15) is 12.0 Å². The lowest BCUT2D eigenvalue weighted by Crippen LogP contribution is -2.42. The third-order valence-corrected chi connectivity index (χ3v) is 3.25. The Labute approximate surface area is 122 Å². The molecule has 7 heteroatoms. The highest BCUT2D eigenvalue weighted by Gasteiger charge is 2.15. The van der Waals surface area contributed by atoms with Gasteiger partial charge in [-0.15, -0.1) is 0 Å². The molecule has 7 nitrogen and oxygen atoms in total. The zero-order chi connectivity index (χ0) is 15.1. The number of amides is 1. The van der Waals surface area contributed by atoms with Crippen molar-refractivity contribution in [2.45, 2.75) is 18.9 Å². The summed E-state index contributed by atoms with van der Waals surface area (Å²) >= 11 is 0. The Hall–Kier alpha value is -2.50. The van der Waals surface area contributed by atoms with E-state index in [0.717, 1.165) is 16.5 Å². The van der Waals surface area contributed by atoms with Gasteiger partial charge in [-0.1, -0.05) is 23.3 Å². The van der Waals surface area contributed by atoms with Crippen LogP contribution in [0.5, 0.6) is 0 Å². The smallest absolute Gasteiger partial charge is 0.237 e. The molecule has 0 fully saturated rings. The lowest BCUT2D eigenvalue weighted by atomic mass is 10.1. The quantitative estimate of drug-likeness (QED) is 0.311. The third kappa shape index (κ3) is 3.98. The molecule has 0 saturated carbocycles. The fourth-order valence-corrected chi connectivity index (χ4v) is 2.17. The molecule has 1 atom stereocenters. The molecule has 0 aliphatic rings. The Morgan fingerprint density at radius 1 is 1.48 bits per heavy atom. The van der Waals surface area contributed by atoms with Gasteiger partial charge in [0.1, 0.15) is 0 Å². The molecule has 0 unspecified atom stereocenters. The second kappa shape index (κ2) is 7.33. The van der Waals surface area contributed by atoms with Crippen LogP contribution in [0.3, 0.4) is 0 Å². The number of azide groups is 1. The van der Waals surface area contributed by atoms with Crippen molar-refractivity contribution < 1.29 is 4.79 Å². The molecule has 1 heterocycles. The van der Waals surface area contributed by atoms with E-state index in [1.165, 1.54) is 0 Å². The number of benzene rings is 1. The number of fused-ring (bicyclic) bond motifs is 1. The number of para-hydroxylation sites is 1. The van der Waals surface area contributed by atoms with E-state index in [1.807, 2.05) is 30.5 Å². The van der Waals surface area contributed by atoms with Gasteiger partial charge in [-0.3, -0.25) is 4.79 Å². The van der Waals surface area contributed by atoms with E-state index in [2.05, 4.69) is 20.3 Å². The Morgan fingerprint density at radius 2 is 2.29 bits per heavy atom. The summed E-state index contributed by atoms with van der Waals surface area (Å²) in [5.74, 6) is -0.193. The zero-order valence-electron chi connectivity index (χ0n) is 11.6. The first kappa shape index (κ1) is 14.9.